The van der Waals surface area contributed by atoms with Gasteiger partial charge < -0.3 is 19.8 Å². The maximum Gasteiger partial charge on any atom is 0.292 e. The van der Waals surface area contributed by atoms with Crippen LogP contribution in [0.1, 0.15) is 73.7 Å². The number of amides is 2. The molecular formula is C26H30N2O4S. The maximum absolute atomic E-state index is 13.3. The highest BCUT2D eigenvalue weighted by atomic mass is 32.1. The zero-order valence-corrected chi connectivity index (χ0v) is 20.2. The van der Waals surface area contributed by atoms with Crippen LogP contribution in [0.4, 0.5) is 5.00 Å². The minimum absolute atomic E-state index is 0.0755. The molecule has 0 bridgehead atoms. The third-order valence-electron chi connectivity index (χ3n) is 6.90. The standard InChI is InChI=1S/C26H30N2O4S/c1-14-11-19-16(3)23(32-20(19)12-15(14)2)25(30)28-26-22(18-8-4-5-9-21(18)33-26)24(29)27-13-17-7-6-10-31-17/h11-12,17H,4-10,13H2,1-3H3,(H,27,29)(H,28,30)/t17-/m0/s1. The van der Waals surface area contributed by atoms with Gasteiger partial charge in [0.15, 0.2) is 5.76 Å². The highest BCUT2D eigenvalue weighted by Crippen LogP contribution is 2.39. The second-order valence-electron chi connectivity index (χ2n) is 9.20. The molecule has 0 radical (unpaired) electrons. The summed E-state index contributed by atoms with van der Waals surface area (Å²) in [4.78, 5) is 27.7. The van der Waals surface area contributed by atoms with Crippen LogP contribution >= 0.6 is 11.3 Å². The molecule has 6 nitrogen and oxygen atoms in total. The van der Waals surface area contributed by atoms with Gasteiger partial charge in [0.1, 0.15) is 10.6 Å². The van der Waals surface area contributed by atoms with Crippen molar-refractivity contribution in [2.75, 3.05) is 18.5 Å². The Labute approximate surface area is 197 Å². The Kier molecular flexibility index (Phi) is 6.01. The molecule has 2 aromatic heterocycles. The van der Waals surface area contributed by atoms with Crippen molar-refractivity contribution in [3.8, 4) is 0 Å². The van der Waals surface area contributed by atoms with Crippen molar-refractivity contribution in [2.45, 2.75) is 65.4 Å². The number of rotatable bonds is 5. The molecule has 1 aliphatic heterocycles. The van der Waals surface area contributed by atoms with Gasteiger partial charge in [0.25, 0.3) is 11.8 Å². The highest BCUT2D eigenvalue weighted by Gasteiger charge is 2.28. The van der Waals surface area contributed by atoms with Gasteiger partial charge in [-0.3, -0.25) is 9.59 Å². The monoisotopic (exact) mass is 466 g/mol. The summed E-state index contributed by atoms with van der Waals surface area (Å²) in [5.41, 5.74) is 5.51. The van der Waals surface area contributed by atoms with Crippen molar-refractivity contribution in [3.05, 3.63) is 50.6 Å². The molecule has 1 aromatic carbocycles. The van der Waals surface area contributed by atoms with E-state index in [0.29, 0.717) is 28.5 Å². The number of ether oxygens (including phenoxy) is 1. The first-order chi connectivity index (χ1) is 15.9. The van der Waals surface area contributed by atoms with E-state index < -0.39 is 0 Å². The molecule has 3 aromatic rings. The molecular weight excluding hydrogens is 436 g/mol. The molecule has 2 amide bonds. The number of hydrogen-bond acceptors (Lipinski definition) is 5. The molecule has 33 heavy (non-hydrogen) atoms. The average molecular weight is 467 g/mol. The second kappa shape index (κ2) is 8.95. The number of furan rings is 1. The molecule has 0 spiro atoms. The lowest BCUT2D eigenvalue weighted by molar-refractivity contribution is 0.0858. The molecule has 1 saturated heterocycles. The lowest BCUT2D eigenvalue weighted by Gasteiger charge is -2.15. The van der Waals surface area contributed by atoms with Crippen LogP contribution in [0.3, 0.4) is 0 Å². The average Bonchev–Trinajstić information content (AvgIpc) is 3.51. The minimum atomic E-state index is -0.314. The Bertz CT molecular complexity index is 1230. The van der Waals surface area contributed by atoms with Gasteiger partial charge in [-0.05, 0) is 88.1 Å². The van der Waals surface area contributed by atoms with Crippen molar-refractivity contribution < 1.29 is 18.7 Å². The maximum atomic E-state index is 13.3. The topological polar surface area (TPSA) is 80.6 Å². The van der Waals surface area contributed by atoms with Gasteiger partial charge in [-0.25, -0.2) is 0 Å². The number of carbonyl (C=O) groups excluding carboxylic acids is 2. The SMILES string of the molecule is Cc1cc2oc(C(=O)Nc3sc4c(c3C(=O)NC[C@@H]3CCCO3)CCCC4)c(C)c2cc1C. The summed E-state index contributed by atoms with van der Waals surface area (Å²) in [5.74, 6) is -0.148. The first-order valence-corrected chi connectivity index (χ1v) is 12.6. The van der Waals surface area contributed by atoms with E-state index >= 15 is 0 Å². The van der Waals surface area contributed by atoms with Gasteiger partial charge in [0.2, 0.25) is 0 Å². The Balaban J connectivity index is 1.43. The van der Waals surface area contributed by atoms with Crippen LogP contribution in [0.2, 0.25) is 0 Å². The summed E-state index contributed by atoms with van der Waals surface area (Å²) in [7, 11) is 0. The quantitative estimate of drug-likeness (QED) is 0.523. The number of benzene rings is 1. The van der Waals surface area contributed by atoms with Crippen molar-refractivity contribution >= 4 is 39.1 Å². The summed E-state index contributed by atoms with van der Waals surface area (Å²) in [5, 5.41) is 7.62. The lowest BCUT2D eigenvalue weighted by atomic mass is 9.95. The minimum Gasteiger partial charge on any atom is -0.451 e. The van der Waals surface area contributed by atoms with Crippen LogP contribution in [0.15, 0.2) is 16.5 Å². The van der Waals surface area contributed by atoms with E-state index in [-0.39, 0.29) is 17.9 Å². The van der Waals surface area contributed by atoms with Gasteiger partial charge >= 0.3 is 0 Å². The molecule has 1 fully saturated rings. The number of thiophene rings is 1. The van der Waals surface area contributed by atoms with Crippen LogP contribution in [-0.4, -0.2) is 31.1 Å². The summed E-state index contributed by atoms with van der Waals surface area (Å²) in [6.07, 6.45) is 6.06. The highest BCUT2D eigenvalue weighted by molar-refractivity contribution is 7.17. The molecule has 1 atom stereocenters. The summed E-state index contributed by atoms with van der Waals surface area (Å²) in [6, 6.07) is 4.04. The molecule has 5 rings (SSSR count). The Morgan fingerprint density at radius 1 is 1.06 bits per heavy atom. The molecule has 7 heteroatoms. The predicted octanol–water partition coefficient (Wildman–Crippen LogP) is 5.46. The van der Waals surface area contributed by atoms with E-state index in [9.17, 15) is 9.59 Å². The molecule has 1 aliphatic carbocycles. The van der Waals surface area contributed by atoms with Crippen molar-refractivity contribution in [1.82, 2.24) is 5.32 Å². The van der Waals surface area contributed by atoms with Crippen molar-refractivity contribution in [2.24, 2.45) is 0 Å². The number of fused-ring (bicyclic) bond motifs is 2. The normalized spacial score (nSPS) is 17.8. The third kappa shape index (κ3) is 4.20. The number of hydrogen-bond donors (Lipinski definition) is 2. The number of aryl methyl sites for hydroxylation is 4. The smallest absolute Gasteiger partial charge is 0.292 e. The van der Waals surface area contributed by atoms with Crippen LogP contribution in [0.25, 0.3) is 11.0 Å². The van der Waals surface area contributed by atoms with E-state index in [1.807, 2.05) is 19.9 Å². The third-order valence-corrected chi connectivity index (χ3v) is 8.11. The predicted molar refractivity (Wildman–Crippen MR) is 131 cm³/mol. The zero-order chi connectivity index (χ0) is 23.1. The lowest BCUT2D eigenvalue weighted by Crippen LogP contribution is -2.32. The van der Waals surface area contributed by atoms with E-state index in [1.54, 1.807) is 0 Å². The largest absolute Gasteiger partial charge is 0.451 e. The fourth-order valence-corrected chi connectivity index (χ4v) is 6.13. The first-order valence-electron chi connectivity index (χ1n) is 11.8. The van der Waals surface area contributed by atoms with Gasteiger partial charge in [-0.2, -0.15) is 0 Å². The first kappa shape index (κ1) is 22.2. The van der Waals surface area contributed by atoms with Gasteiger partial charge in [0.05, 0.1) is 11.7 Å². The Hall–Kier alpha value is -2.64. The van der Waals surface area contributed by atoms with Crippen LogP contribution in [0, 0.1) is 20.8 Å². The van der Waals surface area contributed by atoms with E-state index in [1.165, 1.54) is 16.2 Å². The molecule has 3 heterocycles. The van der Waals surface area contributed by atoms with E-state index in [0.717, 1.165) is 72.8 Å². The van der Waals surface area contributed by atoms with Crippen LogP contribution < -0.4 is 10.6 Å². The molecule has 2 aliphatic rings. The van der Waals surface area contributed by atoms with E-state index in [4.69, 9.17) is 9.15 Å². The summed E-state index contributed by atoms with van der Waals surface area (Å²) in [6.45, 7) is 7.25. The zero-order valence-electron chi connectivity index (χ0n) is 19.4. The number of anilines is 1. The van der Waals surface area contributed by atoms with E-state index in [2.05, 4.69) is 23.6 Å². The van der Waals surface area contributed by atoms with Gasteiger partial charge in [-0.1, -0.05) is 0 Å². The van der Waals surface area contributed by atoms with Crippen molar-refractivity contribution in [3.63, 3.8) is 0 Å². The molecule has 0 unspecified atom stereocenters. The van der Waals surface area contributed by atoms with Gasteiger partial charge in [-0.15, -0.1) is 11.3 Å². The summed E-state index contributed by atoms with van der Waals surface area (Å²) >= 11 is 1.52. The Morgan fingerprint density at radius 2 is 1.85 bits per heavy atom. The van der Waals surface area contributed by atoms with Gasteiger partial charge in [0, 0.05) is 29.0 Å². The van der Waals surface area contributed by atoms with Crippen LogP contribution in [0.5, 0.6) is 0 Å². The second-order valence-corrected chi connectivity index (χ2v) is 10.3. The molecule has 0 saturated carbocycles. The van der Waals surface area contributed by atoms with Crippen molar-refractivity contribution in [1.29, 1.82) is 0 Å². The Morgan fingerprint density at radius 3 is 2.64 bits per heavy atom. The fourth-order valence-electron chi connectivity index (χ4n) is 4.85. The summed E-state index contributed by atoms with van der Waals surface area (Å²) < 4.78 is 11.6. The number of nitrogens with one attached hydrogen (secondary N) is 2. The van der Waals surface area contributed by atoms with Crippen LogP contribution in [-0.2, 0) is 17.6 Å². The fraction of sp³-hybridized carbons (Fsp3) is 0.462. The molecule has 2 N–H and O–H groups in total. The molecule has 174 valence electrons. The number of carbonyl (C=O) groups is 2.